The maximum atomic E-state index is 12.2. The molecule has 0 spiro atoms. The summed E-state index contributed by atoms with van der Waals surface area (Å²) in [5.74, 6) is 1.05. The minimum Gasteiger partial charge on any atom is -0.460 e. The second-order valence-corrected chi connectivity index (χ2v) is 5.58. The fraction of sp³-hybridized carbons (Fsp3) is 0.167. The monoisotopic (exact) mass is 322 g/mol. The van der Waals surface area contributed by atoms with Crippen LogP contribution in [0, 0.1) is 13.8 Å². The van der Waals surface area contributed by atoms with E-state index in [9.17, 15) is 4.79 Å². The molecule has 2 N–H and O–H groups in total. The predicted molar refractivity (Wildman–Crippen MR) is 91.9 cm³/mol. The van der Waals surface area contributed by atoms with Crippen molar-refractivity contribution in [2.75, 3.05) is 0 Å². The molecular formula is C18H18N4O2. The number of rotatable bonds is 4. The van der Waals surface area contributed by atoms with Crippen LogP contribution < -0.4 is 5.43 Å². The molecule has 3 aromatic rings. The first-order valence-corrected chi connectivity index (χ1v) is 7.57. The highest BCUT2D eigenvalue weighted by atomic mass is 16.3. The summed E-state index contributed by atoms with van der Waals surface area (Å²) < 4.78 is 5.50. The first kappa shape index (κ1) is 15.7. The normalized spacial score (nSPS) is 11.5. The molecule has 0 saturated heterocycles. The number of hydrazone groups is 1. The van der Waals surface area contributed by atoms with Crippen molar-refractivity contribution in [2.24, 2.45) is 5.10 Å². The van der Waals surface area contributed by atoms with Crippen molar-refractivity contribution in [1.29, 1.82) is 0 Å². The molecule has 0 aliphatic heterocycles. The Labute approximate surface area is 139 Å². The molecule has 0 atom stereocenters. The molecule has 6 heteroatoms. The predicted octanol–water partition coefficient (Wildman–Crippen LogP) is 3.44. The fourth-order valence-electron chi connectivity index (χ4n) is 2.19. The largest absolute Gasteiger partial charge is 0.460 e. The van der Waals surface area contributed by atoms with Gasteiger partial charge in [-0.1, -0.05) is 29.8 Å². The smallest absolute Gasteiger partial charge is 0.291 e. The van der Waals surface area contributed by atoms with Gasteiger partial charge in [0.05, 0.1) is 5.71 Å². The van der Waals surface area contributed by atoms with Gasteiger partial charge >= 0.3 is 0 Å². The van der Waals surface area contributed by atoms with Crippen LogP contribution in [0.2, 0.25) is 0 Å². The highest BCUT2D eigenvalue weighted by Crippen LogP contribution is 2.20. The molecule has 2 heterocycles. The van der Waals surface area contributed by atoms with Gasteiger partial charge in [-0.25, -0.2) is 5.43 Å². The van der Waals surface area contributed by atoms with Gasteiger partial charge in [-0.15, -0.1) is 0 Å². The number of nitrogens with one attached hydrogen (secondary N) is 2. The number of carbonyl (C=O) groups is 1. The number of aryl methyl sites for hydroxylation is 2. The maximum Gasteiger partial charge on any atom is 0.291 e. The van der Waals surface area contributed by atoms with E-state index in [0.717, 1.165) is 17.0 Å². The van der Waals surface area contributed by atoms with E-state index in [1.165, 1.54) is 5.56 Å². The number of hydrogen-bond acceptors (Lipinski definition) is 4. The van der Waals surface area contributed by atoms with Gasteiger partial charge in [0.15, 0.2) is 11.5 Å². The van der Waals surface area contributed by atoms with E-state index in [0.29, 0.717) is 11.5 Å². The molecule has 0 aliphatic rings. The molecule has 0 saturated carbocycles. The Morgan fingerprint density at radius 3 is 2.58 bits per heavy atom. The van der Waals surface area contributed by atoms with Crippen LogP contribution in [-0.4, -0.2) is 21.8 Å². The Bertz CT molecular complexity index is 888. The average molecular weight is 322 g/mol. The van der Waals surface area contributed by atoms with Crippen LogP contribution in [-0.2, 0) is 0 Å². The van der Waals surface area contributed by atoms with Gasteiger partial charge in [-0.3, -0.25) is 9.89 Å². The summed E-state index contributed by atoms with van der Waals surface area (Å²) in [5.41, 5.74) is 6.26. The Morgan fingerprint density at radius 2 is 1.92 bits per heavy atom. The van der Waals surface area contributed by atoms with E-state index in [-0.39, 0.29) is 11.6 Å². The summed E-state index contributed by atoms with van der Waals surface area (Å²) in [6.07, 6.45) is 0. The van der Waals surface area contributed by atoms with Gasteiger partial charge in [0, 0.05) is 6.07 Å². The number of aromatic nitrogens is 2. The lowest BCUT2D eigenvalue weighted by Gasteiger charge is -2.02. The first-order chi connectivity index (χ1) is 11.5. The quantitative estimate of drug-likeness (QED) is 0.570. The van der Waals surface area contributed by atoms with Crippen LogP contribution in [0.15, 0.2) is 52.0 Å². The SMILES string of the molecule is CC(=NNC(=O)c1cc(-c2ccc(C)o2)[nH]n1)c1ccc(C)cc1. The van der Waals surface area contributed by atoms with Gasteiger partial charge in [0.25, 0.3) is 5.91 Å². The number of hydrogen-bond donors (Lipinski definition) is 2. The zero-order valence-electron chi connectivity index (χ0n) is 13.8. The third kappa shape index (κ3) is 3.43. The van der Waals surface area contributed by atoms with Crippen molar-refractivity contribution in [2.45, 2.75) is 20.8 Å². The highest BCUT2D eigenvalue weighted by Gasteiger charge is 2.13. The van der Waals surface area contributed by atoms with Crippen molar-refractivity contribution in [3.63, 3.8) is 0 Å². The summed E-state index contributed by atoms with van der Waals surface area (Å²) >= 11 is 0. The van der Waals surface area contributed by atoms with Crippen LogP contribution in [0.1, 0.15) is 34.3 Å². The molecular weight excluding hydrogens is 304 g/mol. The lowest BCUT2D eigenvalue weighted by atomic mass is 10.1. The van der Waals surface area contributed by atoms with Crippen molar-refractivity contribution in [3.05, 3.63) is 65.0 Å². The van der Waals surface area contributed by atoms with Gasteiger partial charge in [-0.2, -0.15) is 10.2 Å². The first-order valence-electron chi connectivity index (χ1n) is 7.57. The van der Waals surface area contributed by atoms with E-state index in [2.05, 4.69) is 20.7 Å². The lowest BCUT2D eigenvalue weighted by Crippen LogP contribution is -2.19. The second-order valence-electron chi connectivity index (χ2n) is 5.58. The Kier molecular flexibility index (Phi) is 4.29. The molecule has 0 bridgehead atoms. The number of nitrogens with zero attached hydrogens (tertiary/aromatic N) is 2. The number of carbonyl (C=O) groups excluding carboxylic acids is 1. The molecule has 122 valence electrons. The molecule has 0 unspecified atom stereocenters. The van der Waals surface area contributed by atoms with Crippen LogP contribution in [0.25, 0.3) is 11.5 Å². The molecule has 3 rings (SSSR count). The van der Waals surface area contributed by atoms with E-state index >= 15 is 0 Å². The fourth-order valence-corrected chi connectivity index (χ4v) is 2.19. The third-order valence-electron chi connectivity index (χ3n) is 3.61. The minimum atomic E-state index is -0.382. The zero-order chi connectivity index (χ0) is 17.1. The summed E-state index contributed by atoms with van der Waals surface area (Å²) in [6, 6.07) is 13.2. The number of H-pyrrole nitrogens is 1. The van der Waals surface area contributed by atoms with E-state index in [1.807, 2.05) is 57.2 Å². The molecule has 6 nitrogen and oxygen atoms in total. The Hall–Kier alpha value is -3.15. The van der Waals surface area contributed by atoms with E-state index in [1.54, 1.807) is 6.07 Å². The number of amides is 1. The van der Waals surface area contributed by atoms with Gasteiger partial charge in [0.1, 0.15) is 11.5 Å². The standard InChI is InChI=1S/C18H18N4O2/c1-11-4-7-14(8-5-11)13(3)19-22-18(23)16-10-15(20-21-16)17-9-6-12(2)24-17/h4-10H,1-3H3,(H,20,21)(H,22,23). The Balaban J connectivity index is 1.70. The average Bonchev–Trinajstić information content (AvgIpc) is 3.22. The van der Waals surface area contributed by atoms with Gasteiger partial charge in [-0.05, 0) is 38.5 Å². The van der Waals surface area contributed by atoms with Crippen LogP contribution in [0.4, 0.5) is 0 Å². The van der Waals surface area contributed by atoms with Crippen LogP contribution >= 0.6 is 0 Å². The van der Waals surface area contributed by atoms with Gasteiger partial charge in [0.2, 0.25) is 0 Å². The number of furan rings is 1. The second kappa shape index (κ2) is 6.54. The van der Waals surface area contributed by atoms with Crippen molar-refractivity contribution < 1.29 is 9.21 Å². The Morgan fingerprint density at radius 1 is 1.17 bits per heavy atom. The maximum absolute atomic E-state index is 12.2. The summed E-state index contributed by atoms with van der Waals surface area (Å²) in [6.45, 7) is 5.72. The molecule has 2 aromatic heterocycles. The summed E-state index contributed by atoms with van der Waals surface area (Å²) in [7, 11) is 0. The van der Waals surface area contributed by atoms with Crippen molar-refractivity contribution in [3.8, 4) is 11.5 Å². The van der Waals surface area contributed by atoms with Crippen LogP contribution in [0.5, 0.6) is 0 Å². The summed E-state index contributed by atoms with van der Waals surface area (Å²) in [5, 5.41) is 10.9. The highest BCUT2D eigenvalue weighted by molar-refractivity contribution is 6.00. The van der Waals surface area contributed by atoms with E-state index < -0.39 is 0 Å². The molecule has 24 heavy (non-hydrogen) atoms. The van der Waals surface area contributed by atoms with E-state index in [4.69, 9.17) is 4.42 Å². The molecule has 0 radical (unpaired) electrons. The number of benzene rings is 1. The lowest BCUT2D eigenvalue weighted by molar-refractivity contribution is 0.0950. The topological polar surface area (TPSA) is 83.3 Å². The zero-order valence-corrected chi connectivity index (χ0v) is 13.8. The molecule has 0 aliphatic carbocycles. The number of aromatic amines is 1. The van der Waals surface area contributed by atoms with Crippen molar-refractivity contribution >= 4 is 11.6 Å². The third-order valence-corrected chi connectivity index (χ3v) is 3.61. The van der Waals surface area contributed by atoms with Crippen LogP contribution in [0.3, 0.4) is 0 Å². The molecule has 0 fully saturated rings. The van der Waals surface area contributed by atoms with Gasteiger partial charge < -0.3 is 4.42 Å². The minimum absolute atomic E-state index is 0.250. The van der Waals surface area contributed by atoms with Crippen molar-refractivity contribution in [1.82, 2.24) is 15.6 Å². The summed E-state index contributed by atoms with van der Waals surface area (Å²) in [4.78, 5) is 12.2. The molecule has 1 aromatic carbocycles. The molecule has 1 amide bonds.